The lowest BCUT2D eigenvalue weighted by Crippen LogP contribution is -2.04. The quantitative estimate of drug-likeness (QED) is 0.851. The minimum absolute atomic E-state index is 0.674. The number of imidazole rings is 1. The number of aromatic nitrogens is 2. The number of methoxy groups -OCH3 is 2. The van der Waals surface area contributed by atoms with Crippen molar-refractivity contribution in [2.45, 2.75) is 13.0 Å². The average molecular weight is 235 g/mol. The summed E-state index contributed by atoms with van der Waals surface area (Å²) < 4.78 is 12.6. The maximum atomic E-state index is 5.51. The molecule has 2 aromatic rings. The van der Waals surface area contributed by atoms with Gasteiger partial charge < -0.3 is 19.8 Å². The molecule has 0 saturated carbocycles. The maximum absolute atomic E-state index is 5.51. The van der Waals surface area contributed by atoms with Crippen LogP contribution in [0.15, 0.2) is 18.5 Å². The lowest BCUT2D eigenvalue weighted by Gasteiger charge is -2.08. The van der Waals surface area contributed by atoms with Gasteiger partial charge in [-0.25, -0.2) is 4.98 Å². The Bertz CT molecular complexity index is 508. The summed E-state index contributed by atoms with van der Waals surface area (Å²) in [5, 5.41) is 0. The first-order chi connectivity index (χ1) is 8.30. The number of hydrogen-bond acceptors (Lipinski definition) is 4. The molecule has 1 aromatic carbocycles. The zero-order valence-electron chi connectivity index (χ0n) is 10.1. The van der Waals surface area contributed by atoms with Gasteiger partial charge in [-0.15, -0.1) is 0 Å². The van der Waals surface area contributed by atoms with Gasteiger partial charge >= 0.3 is 0 Å². The van der Waals surface area contributed by atoms with Gasteiger partial charge in [-0.05, 0) is 13.0 Å². The van der Waals surface area contributed by atoms with E-state index < -0.39 is 0 Å². The second-order valence-electron chi connectivity index (χ2n) is 3.78. The number of aryl methyl sites for hydroxylation is 1. The number of nitrogens with two attached hydrogens (primary N) is 1. The minimum atomic E-state index is 0.674. The Balaban J connectivity index is 2.45. The molecule has 0 unspecified atom stereocenters. The lowest BCUT2D eigenvalue weighted by molar-refractivity contribution is 0.355. The topological polar surface area (TPSA) is 62.3 Å². The molecule has 0 amide bonds. The minimum Gasteiger partial charge on any atom is -0.493 e. The zero-order chi connectivity index (χ0) is 12.3. The highest BCUT2D eigenvalue weighted by atomic mass is 16.5. The van der Waals surface area contributed by atoms with Gasteiger partial charge in [0.2, 0.25) is 0 Å². The smallest absolute Gasteiger partial charge is 0.163 e. The average Bonchev–Trinajstić information content (AvgIpc) is 2.76. The van der Waals surface area contributed by atoms with Crippen LogP contribution in [0.25, 0.3) is 11.0 Å². The molecule has 0 radical (unpaired) electrons. The highest BCUT2D eigenvalue weighted by Gasteiger charge is 2.09. The van der Waals surface area contributed by atoms with Crippen LogP contribution in [-0.4, -0.2) is 30.3 Å². The second kappa shape index (κ2) is 5.05. The lowest BCUT2D eigenvalue weighted by atomic mass is 10.2. The van der Waals surface area contributed by atoms with E-state index in [4.69, 9.17) is 15.2 Å². The van der Waals surface area contributed by atoms with Crippen LogP contribution in [0.4, 0.5) is 0 Å². The van der Waals surface area contributed by atoms with Gasteiger partial charge in [-0.1, -0.05) is 0 Å². The normalized spacial score (nSPS) is 10.8. The van der Waals surface area contributed by atoms with Crippen molar-refractivity contribution in [3.63, 3.8) is 0 Å². The molecular formula is C12H17N3O2. The molecule has 0 aliphatic heterocycles. The number of benzene rings is 1. The van der Waals surface area contributed by atoms with Crippen LogP contribution in [0.5, 0.6) is 11.5 Å². The molecule has 2 rings (SSSR count). The van der Waals surface area contributed by atoms with Crippen molar-refractivity contribution in [3.05, 3.63) is 18.5 Å². The Morgan fingerprint density at radius 3 is 2.59 bits per heavy atom. The highest BCUT2D eigenvalue weighted by Crippen LogP contribution is 2.31. The third-order valence-corrected chi connectivity index (χ3v) is 2.73. The molecule has 5 heteroatoms. The number of rotatable bonds is 5. The van der Waals surface area contributed by atoms with Gasteiger partial charge in [0.1, 0.15) is 0 Å². The summed E-state index contributed by atoms with van der Waals surface area (Å²) >= 11 is 0. The van der Waals surface area contributed by atoms with E-state index >= 15 is 0 Å². The monoisotopic (exact) mass is 235 g/mol. The molecule has 92 valence electrons. The van der Waals surface area contributed by atoms with Gasteiger partial charge in [0, 0.05) is 18.7 Å². The van der Waals surface area contributed by atoms with E-state index in [1.54, 1.807) is 14.2 Å². The van der Waals surface area contributed by atoms with E-state index in [1.807, 2.05) is 18.5 Å². The van der Waals surface area contributed by atoms with Gasteiger partial charge in [-0.2, -0.15) is 0 Å². The molecule has 1 aromatic heterocycles. The predicted octanol–water partition coefficient (Wildman–Crippen LogP) is 1.40. The SMILES string of the molecule is COc1cc2ncn(CCCN)c2cc1OC. The summed E-state index contributed by atoms with van der Waals surface area (Å²) in [6.07, 6.45) is 2.75. The van der Waals surface area contributed by atoms with Crippen LogP contribution in [-0.2, 0) is 6.54 Å². The molecule has 2 N–H and O–H groups in total. The van der Waals surface area contributed by atoms with Crippen molar-refractivity contribution in [3.8, 4) is 11.5 Å². The predicted molar refractivity (Wildman–Crippen MR) is 66.5 cm³/mol. The van der Waals surface area contributed by atoms with Gasteiger partial charge in [-0.3, -0.25) is 0 Å². The summed E-state index contributed by atoms with van der Waals surface area (Å²) in [5.74, 6) is 1.42. The van der Waals surface area contributed by atoms with Crippen LogP contribution in [0.3, 0.4) is 0 Å². The number of ether oxygens (including phenoxy) is 2. The fourth-order valence-corrected chi connectivity index (χ4v) is 1.82. The molecule has 0 aliphatic rings. The van der Waals surface area contributed by atoms with Crippen molar-refractivity contribution >= 4 is 11.0 Å². The summed E-state index contributed by atoms with van der Waals surface area (Å²) in [6, 6.07) is 3.82. The van der Waals surface area contributed by atoms with Crippen molar-refractivity contribution in [2.24, 2.45) is 5.73 Å². The van der Waals surface area contributed by atoms with E-state index in [-0.39, 0.29) is 0 Å². The van der Waals surface area contributed by atoms with E-state index in [0.29, 0.717) is 12.3 Å². The molecule has 5 nitrogen and oxygen atoms in total. The van der Waals surface area contributed by atoms with Crippen molar-refractivity contribution in [2.75, 3.05) is 20.8 Å². The van der Waals surface area contributed by atoms with Gasteiger partial charge in [0.25, 0.3) is 0 Å². The number of nitrogens with zero attached hydrogens (tertiary/aromatic N) is 2. The number of fused-ring (bicyclic) bond motifs is 1. The molecule has 0 saturated heterocycles. The fraction of sp³-hybridized carbons (Fsp3) is 0.417. The first-order valence-electron chi connectivity index (χ1n) is 5.57. The molecule has 0 bridgehead atoms. The Hall–Kier alpha value is -1.75. The first kappa shape index (κ1) is 11.7. The molecule has 17 heavy (non-hydrogen) atoms. The Morgan fingerprint density at radius 1 is 1.24 bits per heavy atom. The first-order valence-corrected chi connectivity index (χ1v) is 5.57. The summed E-state index contributed by atoms with van der Waals surface area (Å²) in [7, 11) is 3.25. The molecular weight excluding hydrogens is 218 g/mol. The van der Waals surface area contributed by atoms with Crippen molar-refractivity contribution in [1.29, 1.82) is 0 Å². The Morgan fingerprint density at radius 2 is 1.94 bits per heavy atom. The molecule has 0 spiro atoms. The van der Waals surface area contributed by atoms with Gasteiger partial charge in [0.05, 0.1) is 31.6 Å². The van der Waals surface area contributed by atoms with Gasteiger partial charge in [0.15, 0.2) is 11.5 Å². The van der Waals surface area contributed by atoms with E-state index in [9.17, 15) is 0 Å². The molecule has 0 aliphatic carbocycles. The third-order valence-electron chi connectivity index (χ3n) is 2.73. The third kappa shape index (κ3) is 2.19. The Labute approximate surface area is 100 Å². The Kier molecular flexibility index (Phi) is 3.49. The van der Waals surface area contributed by atoms with Crippen LogP contribution >= 0.6 is 0 Å². The van der Waals surface area contributed by atoms with Crippen molar-refractivity contribution in [1.82, 2.24) is 9.55 Å². The summed E-state index contributed by atoms with van der Waals surface area (Å²) in [6.45, 7) is 1.54. The fourth-order valence-electron chi connectivity index (χ4n) is 1.82. The zero-order valence-corrected chi connectivity index (χ0v) is 10.1. The van der Waals surface area contributed by atoms with Crippen LogP contribution in [0.2, 0.25) is 0 Å². The maximum Gasteiger partial charge on any atom is 0.163 e. The molecule has 0 atom stereocenters. The van der Waals surface area contributed by atoms with Crippen molar-refractivity contribution < 1.29 is 9.47 Å². The van der Waals surface area contributed by atoms with E-state index in [2.05, 4.69) is 9.55 Å². The van der Waals surface area contributed by atoms with Crippen LogP contribution in [0.1, 0.15) is 6.42 Å². The van der Waals surface area contributed by atoms with E-state index in [0.717, 1.165) is 29.7 Å². The van der Waals surface area contributed by atoms with E-state index in [1.165, 1.54) is 0 Å². The van der Waals surface area contributed by atoms with Crippen LogP contribution in [0, 0.1) is 0 Å². The van der Waals surface area contributed by atoms with Crippen LogP contribution < -0.4 is 15.2 Å². The standard InChI is InChI=1S/C12H17N3O2/c1-16-11-6-9-10(7-12(11)17-2)15(8-14-9)5-3-4-13/h6-8H,3-5,13H2,1-2H3. The summed E-state index contributed by atoms with van der Waals surface area (Å²) in [5.41, 5.74) is 7.45. The highest BCUT2D eigenvalue weighted by molar-refractivity contribution is 5.80. The summed E-state index contributed by atoms with van der Waals surface area (Å²) in [4.78, 5) is 4.34. The largest absolute Gasteiger partial charge is 0.493 e. The molecule has 1 heterocycles. The number of hydrogen-bond donors (Lipinski definition) is 1. The second-order valence-corrected chi connectivity index (χ2v) is 3.78. The molecule has 0 fully saturated rings.